The van der Waals surface area contributed by atoms with E-state index in [1.165, 1.54) is 5.56 Å². The molecule has 1 amide bonds. The number of nitrogens with one attached hydrogen (secondary N) is 1. The summed E-state index contributed by atoms with van der Waals surface area (Å²) in [6.45, 7) is 9.33. The van der Waals surface area contributed by atoms with Crippen LogP contribution >= 0.6 is 15.9 Å². The number of anilines is 1. The van der Waals surface area contributed by atoms with E-state index in [0.29, 0.717) is 12.5 Å². The van der Waals surface area contributed by atoms with Crippen molar-refractivity contribution in [3.63, 3.8) is 0 Å². The Hall–Kier alpha value is -3.65. The molecule has 0 radical (unpaired) electrons. The quantitative estimate of drug-likeness (QED) is 0.0721. The fraction of sp³-hybridized carbons (Fsp3) is 0.359. The fourth-order valence-electron chi connectivity index (χ4n) is 6.62. The molecule has 0 bridgehead atoms. The van der Waals surface area contributed by atoms with Crippen LogP contribution in [0.3, 0.4) is 0 Å². The number of ether oxygens (including phenoxy) is 1. The molecule has 5 rings (SSSR count). The van der Waals surface area contributed by atoms with Gasteiger partial charge in [0.1, 0.15) is 11.1 Å². The molecule has 0 aromatic heterocycles. The minimum atomic E-state index is -0.747. The lowest BCUT2D eigenvalue weighted by Gasteiger charge is -2.45. The number of nitrogens with two attached hydrogens (primary N) is 1. The van der Waals surface area contributed by atoms with Gasteiger partial charge in [0.25, 0.3) is 0 Å². The van der Waals surface area contributed by atoms with E-state index in [4.69, 9.17) is 10.6 Å². The van der Waals surface area contributed by atoms with Gasteiger partial charge in [-0.2, -0.15) is 0 Å². The van der Waals surface area contributed by atoms with Crippen molar-refractivity contribution >= 4 is 27.7 Å². The third kappa shape index (κ3) is 8.19. The van der Waals surface area contributed by atoms with E-state index in [-0.39, 0.29) is 6.09 Å². The Balaban J connectivity index is 1.35. The summed E-state index contributed by atoms with van der Waals surface area (Å²) >= 11 is 3.76. The average molecular weight is 684 g/mol. The highest BCUT2D eigenvalue weighted by Gasteiger charge is 2.42. The van der Waals surface area contributed by atoms with Gasteiger partial charge in [0.15, 0.2) is 0 Å². The highest BCUT2D eigenvalue weighted by molar-refractivity contribution is 9.10. The van der Waals surface area contributed by atoms with Crippen LogP contribution in [0.5, 0.6) is 0 Å². The zero-order chi connectivity index (χ0) is 32.6. The number of benzene rings is 4. The van der Waals surface area contributed by atoms with E-state index in [0.717, 1.165) is 72.2 Å². The van der Waals surface area contributed by atoms with Crippen molar-refractivity contribution in [1.29, 1.82) is 0 Å². The summed E-state index contributed by atoms with van der Waals surface area (Å²) in [5, 5.41) is 4.88. The van der Waals surface area contributed by atoms with Crippen LogP contribution in [0.2, 0.25) is 0 Å². The highest BCUT2D eigenvalue weighted by atomic mass is 79.9. The van der Waals surface area contributed by atoms with Crippen molar-refractivity contribution in [1.82, 2.24) is 10.2 Å². The molecule has 0 atom stereocenters. The normalized spacial score (nSPS) is 14.5. The molecule has 0 unspecified atom stereocenters. The number of carbonyl (C=O) groups excluding carboxylic acids is 1. The number of hydrogen-bond acceptors (Lipinski definition) is 5. The van der Waals surface area contributed by atoms with Gasteiger partial charge in [0.2, 0.25) is 0 Å². The molecule has 4 aromatic rings. The summed E-state index contributed by atoms with van der Waals surface area (Å²) in [5.41, 5.74) is 4.37. The Morgan fingerprint density at radius 2 is 1.39 bits per heavy atom. The summed E-state index contributed by atoms with van der Waals surface area (Å²) < 4.78 is 6.41. The van der Waals surface area contributed by atoms with Crippen molar-refractivity contribution in [3.05, 3.63) is 136 Å². The SMILES string of the molecule is CC(C)(C)OC(=O)NCCCN1CCC(Cc2cc(Br)ccc2N(N)C(c2ccccc2)(c2ccccc2)c2ccccc2)CC1. The Morgan fingerprint density at radius 1 is 0.870 bits per heavy atom. The zero-order valence-electron chi connectivity index (χ0n) is 27.3. The van der Waals surface area contributed by atoms with Crippen molar-refractivity contribution in [3.8, 4) is 0 Å². The third-order valence-electron chi connectivity index (χ3n) is 8.77. The van der Waals surface area contributed by atoms with Gasteiger partial charge < -0.3 is 15.0 Å². The van der Waals surface area contributed by atoms with Gasteiger partial charge in [-0.1, -0.05) is 107 Å². The second-order valence-electron chi connectivity index (χ2n) is 13.2. The summed E-state index contributed by atoms with van der Waals surface area (Å²) in [6, 6.07) is 38.3. The van der Waals surface area contributed by atoms with Gasteiger partial charge >= 0.3 is 6.09 Å². The molecule has 0 spiro atoms. The van der Waals surface area contributed by atoms with E-state index in [2.05, 4.69) is 135 Å². The first kappa shape index (κ1) is 33.7. The number of likely N-dealkylation sites (tertiary alicyclic amines) is 1. The molecule has 0 aliphatic carbocycles. The first-order valence-electron chi connectivity index (χ1n) is 16.4. The Morgan fingerprint density at radius 3 is 1.89 bits per heavy atom. The van der Waals surface area contributed by atoms with Crippen LogP contribution in [-0.4, -0.2) is 42.8 Å². The molecule has 1 saturated heterocycles. The number of halogens is 1. The van der Waals surface area contributed by atoms with E-state index in [1.807, 2.05) is 25.8 Å². The molecular weight excluding hydrogens is 636 g/mol. The van der Waals surface area contributed by atoms with Crippen LogP contribution in [0.15, 0.2) is 114 Å². The van der Waals surface area contributed by atoms with E-state index in [9.17, 15) is 4.79 Å². The lowest BCUT2D eigenvalue weighted by molar-refractivity contribution is 0.0525. The largest absolute Gasteiger partial charge is 0.444 e. The number of rotatable bonds is 11. The topological polar surface area (TPSA) is 70.8 Å². The molecule has 1 heterocycles. The predicted molar refractivity (Wildman–Crippen MR) is 192 cm³/mol. The van der Waals surface area contributed by atoms with Crippen molar-refractivity contribution in [2.75, 3.05) is 31.2 Å². The first-order valence-corrected chi connectivity index (χ1v) is 17.2. The van der Waals surface area contributed by atoms with E-state index >= 15 is 0 Å². The predicted octanol–water partition coefficient (Wildman–Crippen LogP) is 8.29. The zero-order valence-corrected chi connectivity index (χ0v) is 28.9. The maximum absolute atomic E-state index is 12.0. The number of amides is 1. The molecule has 3 N–H and O–H groups in total. The van der Waals surface area contributed by atoms with Crippen LogP contribution in [0.1, 0.15) is 62.3 Å². The number of hydrazine groups is 1. The average Bonchev–Trinajstić information content (AvgIpc) is 3.05. The maximum Gasteiger partial charge on any atom is 0.407 e. The van der Waals surface area contributed by atoms with Gasteiger partial charge in [0.05, 0.1) is 5.69 Å². The lowest BCUT2D eigenvalue weighted by Crippen LogP contribution is -2.53. The minimum absolute atomic E-state index is 0.346. The van der Waals surface area contributed by atoms with Crippen molar-refractivity contribution < 1.29 is 9.53 Å². The fourth-order valence-corrected chi connectivity index (χ4v) is 7.03. The molecule has 4 aromatic carbocycles. The molecule has 1 fully saturated rings. The summed E-state index contributed by atoms with van der Waals surface area (Å²) in [6.07, 6.45) is 3.75. The van der Waals surface area contributed by atoms with Crippen molar-refractivity contribution in [2.24, 2.45) is 11.8 Å². The smallest absolute Gasteiger partial charge is 0.407 e. The molecule has 242 valence electrons. The Bertz CT molecular complexity index is 1440. The molecule has 1 aliphatic rings. The van der Waals surface area contributed by atoms with Crippen molar-refractivity contribution in [2.45, 2.75) is 57.6 Å². The van der Waals surface area contributed by atoms with Gasteiger partial charge in [-0.05, 0) is 112 Å². The van der Waals surface area contributed by atoms with E-state index < -0.39 is 11.1 Å². The van der Waals surface area contributed by atoms with E-state index in [1.54, 1.807) is 0 Å². The van der Waals surface area contributed by atoms with Gasteiger partial charge in [-0.3, -0.25) is 5.01 Å². The number of hydrogen-bond donors (Lipinski definition) is 2. The first-order chi connectivity index (χ1) is 22.2. The Kier molecular flexibility index (Phi) is 11.2. The molecule has 46 heavy (non-hydrogen) atoms. The molecule has 7 heteroatoms. The van der Waals surface area contributed by atoms with Crippen LogP contribution in [0.25, 0.3) is 0 Å². The van der Waals surface area contributed by atoms with Gasteiger partial charge in [0, 0.05) is 11.0 Å². The molecular formula is C39H47BrN4O2. The summed E-state index contributed by atoms with van der Waals surface area (Å²) in [7, 11) is 0. The summed E-state index contributed by atoms with van der Waals surface area (Å²) in [5.74, 6) is 8.00. The number of carbonyl (C=O) groups is 1. The number of piperidine rings is 1. The van der Waals surface area contributed by atoms with Gasteiger partial charge in [-0.25, -0.2) is 10.6 Å². The number of alkyl carbamates (subject to hydrolysis) is 1. The van der Waals surface area contributed by atoms with Crippen LogP contribution in [-0.2, 0) is 16.7 Å². The molecule has 0 saturated carbocycles. The van der Waals surface area contributed by atoms with Crippen LogP contribution in [0, 0.1) is 5.92 Å². The second kappa shape index (κ2) is 15.3. The monoisotopic (exact) mass is 682 g/mol. The van der Waals surface area contributed by atoms with Crippen LogP contribution in [0.4, 0.5) is 10.5 Å². The standard InChI is InChI=1S/C39H47BrN4O2/c1-38(2,3)46-37(45)42-24-13-25-43-26-22-30(23-27-43)28-31-29-35(40)20-21-36(31)44(41)39(32-14-7-4-8-15-32,33-16-9-5-10-17-33)34-18-11-6-12-19-34/h4-12,14-21,29-30H,13,22-28,41H2,1-3H3,(H,42,45). The maximum atomic E-state index is 12.0. The third-order valence-corrected chi connectivity index (χ3v) is 9.27. The Labute approximate surface area is 283 Å². The van der Waals surface area contributed by atoms with Gasteiger partial charge in [-0.15, -0.1) is 0 Å². The highest BCUT2D eigenvalue weighted by Crippen LogP contribution is 2.44. The second-order valence-corrected chi connectivity index (χ2v) is 14.1. The summed E-state index contributed by atoms with van der Waals surface area (Å²) in [4.78, 5) is 14.5. The molecule has 1 aliphatic heterocycles. The van der Waals surface area contributed by atoms with Crippen LogP contribution < -0.4 is 16.2 Å². The minimum Gasteiger partial charge on any atom is -0.444 e. The molecule has 6 nitrogen and oxygen atoms in total. The number of nitrogens with zero attached hydrogens (tertiary/aromatic N) is 2. The lowest BCUT2D eigenvalue weighted by atomic mass is 9.76.